The second-order valence-corrected chi connectivity index (χ2v) is 4.87. The van der Waals surface area contributed by atoms with E-state index in [-0.39, 0.29) is 6.04 Å². The molecular weight excluding hydrogens is 254 g/mol. The van der Waals surface area contributed by atoms with E-state index in [1.807, 2.05) is 18.2 Å². The Kier molecular flexibility index (Phi) is 2.67. The molecule has 0 aliphatic carbocycles. The van der Waals surface area contributed by atoms with Crippen molar-refractivity contribution in [1.82, 2.24) is 25.4 Å². The summed E-state index contributed by atoms with van der Waals surface area (Å²) in [5.41, 5.74) is 2.55. The molecule has 1 saturated heterocycles. The van der Waals surface area contributed by atoms with Crippen molar-refractivity contribution in [3.05, 3.63) is 36.4 Å². The van der Waals surface area contributed by atoms with Crippen LogP contribution in [0.15, 0.2) is 35.1 Å². The number of hydrogen-bond donors (Lipinski definition) is 1. The summed E-state index contributed by atoms with van der Waals surface area (Å²) in [6.07, 6.45) is 5.56. The number of aromatic nitrogens is 4. The number of hydrogen-bond acceptors (Lipinski definition) is 6. The Balaban J connectivity index is 1.71. The van der Waals surface area contributed by atoms with Crippen molar-refractivity contribution in [3.63, 3.8) is 0 Å². The Morgan fingerprint density at radius 1 is 1.15 bits per heavy atom. The van der Waals surface area contributed by atoms with E-state index in [0.717, 1.165) is 41.8 Å². The first-order valence-electron chi connectivity index (χ1n) is 6.68. The molecule has 0 spiro atoms. The van der Waals surface area contributed by atoms with E-state index in [0.29, 0.717) is 5.89 Å². The number of nitrogens with one attached hydrogen (secondary N) is 1. The van der Waals surface area contributed by atoms with E-state index in [2.05, 4.69) is 25.4 Å². The molecule has 2 aromatic heterocycles. The molecule has 1 aromatic carbocycles. The van der Waals surface area contributed by atoms with Crippen LogP contribution in [0.2, 0.25) is 0 Å². The quantitative estimate of drug-likeness (QED) is 0.766. The molecule has 0 bridgehead atoms. The Labute approximate surface area is 115 Å². The molecule has 1 N–H and O–H groups in total. The van der Waals surface area contributed by atoms with Crippen LogP contribution in [0.3, 0.4) is 0 Å². The van der Waals surface area contributed by atoms with Gasteiger partial charge in [-0.1, -0.05) is 5.16 Å². The Bertz CT molecular complexity index is 748. The van der Waals surface area contributed by atoms with Crippen molar-refractivity contribution >= 4 is 11.0 Å². The molecule has 1 aliphatic rings. The van der Waals surface area contributed by atoms with Gasteiger partial charge < -0.3 is 9.84 Å². The Hall–Kier alpha value is -2.34. The van der Waals surface area contributed by atoms with Crippen LogP contribution in [0.4, 0.5) is 0 Å². The van der Waals surface area contributed by atoms with Crippen LogP contribution in [-0.2, 0) is 0 Å². The van der Waals surface area contributed by atoms with Gasteiger partial charge >= 0.3 is 0 Å². The minimum atomic E-state index is 0.216. The lowest BCUT2D eigenvalue weighted by Gasteiger charge is -2.01. The summed E-state index contributed by atoms with van der Waals surface area (Å²) in [7, 11) is 0. The average Bonchev–Trinajstić information content (AvgIpc) is 3.17. The topological polar surface area (TPSA) is 76.7 Å². The molecule has 100 valence electrons. The summed E-state index contributed by atoms with van der Waals surface area (Å²) in [6, 6.07) is 5.97. The predicted octanol–water partition coefficient (Wildman–Crippen LogP) is 2.10. The van der Waals surface area contributed by atoms with Gasteiger partial charge in [-0.05, 0) is 37.6 Å². The third kappa shape index (κ3) is 1.94. The van der Waals surface area contributed by atoms with Gasteiger partial charge in [-0.2, -0.15) is 4.98 Å². The smallest absolute Gasteiger partial charge is 0.258 e. The fourth-order valence-corrected chi connectivity index (χ4v) is 2.49. The maximum absolute atomic E-state index is 5.36. The highest BCUT2D eigenvalue weighted by Crippen LogP contribution is 2.25. The molecule has 1 unspecified atom stereocenters. The lowest BCUT2D eigenvalue weighted by molar-refractivity contribution is 0.412. The highest BCUT2D eigenvalue weighted by Gasteiger charge is 2.22. The number of nitrogens with zero attached hydrogens (tertiary/aromatic N) is 4. The lowest BCUT2D eigenvalue weighted by Crippen LogP contribution is -2.14. The minimum absolute atomic E-state index is 0.216. The Morgan fingerprint density at radius 2 is 2.05 bits per heavy atom. The van der Waals surface area contributed by atoms with Crippen LogP contribution in [0.5, 0.6) is 0 Å². The standard InChI is InChI=1S/C14H13N5O/c1-2-11(15-5-1)13-18-14(20-19-13)9-3-4-10-12(8-9)17-7-6-16-10/h3-4,6-8,11,15H,1-2,5H2. The van der Waals surface area contributed by atoms with Gasteiger partial charge in [-0.25, -0.2) is 0 Å². The molecule has 6 heteroatoms. The van der Waals surface area contributed by atoms with Gasteiger partial charge in [0.1, 0.15) is 0 Å². The summed E-state index contributed by atoms with van der Waals surface area (Å²) in [5.74, 6) is 1.26. The minimum Gasteiger partial charge on any atom is -0.334 e. The largest absolute Gasteiger partial charge is 0.334 e. The van der Waals surface area contributed by atoms with Gasteiger partial charge in [0, 0.05) is 18.0 Å². The monoisotopic (exact) mass is 267 g/mol. The maximum atomic E-state index is 5.36. The second-order valence-electron chi connectivity index (χ2n) is 4.87. The van der Waals surface area contributed by atoms with Crippen LogP contribution < -0.4 is 5.32 Å². The third-order valence-electron chi connectivity index (χ3n) is 3.53. The van der Waals surface area contributed by atoms with Crippen molar-refractivity contribution in [2.24, 2.45) is 0 Å². The zero-order valence-electron chi connectivity index (χ0n) is 10.8. The molecule has 1 atom stereocenters. The molecule has 20 heavy (non-hydrogen) atoms. The molecule has 4 rings (SSSR count). The second kappa shape index (κ2) is 4.64. The Morgan fingerprint density at radius 3 is 2.90 bits per heavy atom. The molecule has 0 saturated carbocycles. The van der Waals surface area contributed by atoms with Crippen molar-refractivity contribution in [3.8, 4) is 11.5 Å². The summed E-state index contributed by atoms with van der Waals surface area (Å²) >= 11 is 0. The van der Waals surface area contributed by atoms with Crippen molar-refractivity contribution in [1.29, 1.82) is 0 Å². The van der Waals surface area contributed by atoms with E-state index in [9.17, 15) is 0 Å². The van der Waals surface area contributed by atoms with E-state index < -0.39 is 0 Å². The normalized spacial score (nSPS) is 18.7. The van der Waals surface area contributed by atoms with E-state index in [1.165, 1.54) is 0 Å². The van der Waals surface area contributed by atoms with E-state index in [4.69, 9.17) is 4.52 Å². The van der Waals surface area contributed by atoms with Crippen LogP contribution in [0.1, 0.15) is 24.7 Å². The summed E-state index contributed by atoms with van der Waals surface area (Å²) in [6.45, 7) is 1.01. The molecule has 1 aliphatic heterocycles. The third-order valence-corrected chi connectivity index (χ3v) is 3.53. The maximum Gasteiger partial charge on any atom is 0.258 e. The lowest BCUT2D eigenvalue weighted by atomic mass is 10.2. The number of fused-ring (bicyclic) bond motifs is 1. The summed E-state index contributed by atoms with van der Waals surface area (Å²) in [5, 5.41) is 7.43. The summed E-state index contributed by atoms with van der Waals surface area (Å²) < 4.78 is 5.36. The molecule has 6 nitrogen and oxygen atoms in total. The zero-order chi connectivity index (χ0) is 13.4. The molecular formula is C14H13N5O. The van der Waals surface area contributed by atoms with Crippen LogP contribution in [-0.4, -0.2) is 26.7 Å². The molecule has 3 heterocycles. The molecule has 1 fully saturated rings. The van der Waals surface area contributed by atoms with Gasteiger partial charge in [-0.3, -0.25) is 9.97 Å². The van der Waals surface area contributed by atoms with Crippen LogP contribution in [0, 0.1) is 0 Å². The van der Waals surface area contributed by atoms with Crippen LogP contribution in [0.25, 0.3) is 22.5 Å². The van der Waals surface area contributed by atoms with Gasteiger partial charge in [0.2, 0.25) is 0 Å². The highest BCUT2D eigenvalue weighted by molar-refractivity contribution is 5.79. The van der Waals surface area contributed by atoms with Crippen molar-refractivity contribution in [2.75, 3.05) is 6.54 Å². The number of benzene rings is 1. The average molecular weight is 267 g/mol. The highest BCUT2D eigenvalue weighted by atomic mass is 16.5. The SMILES string of the molecule is c1cnc2cc(-c3nc(C4CCCN4)no3)ccc2n1. The fraction of sp³-hybridized carbons (Fsp3) is 0.286. The van der Waals surface area contributed by atoms with Gasteiger partial charge in [0.05, 0.1) is 17.1 Å². The molecule has 3 aromatic rings. The van der Waals surface area contributed by atoms with Crippen LogP contribution >= 0.6 is 0 Å². The van der Waals surface area contributed by atoms with Gasteiger partial charge in [0.15, 0.2) is 5.82 Å². The van der Waals surface area contributed by atoms with E-state index in [1.54, 1.807) is 12.4 Å². The first-order chi connectivity index (χ1) is 9.90. The van der Waals surface area contributed by atoms with Gasteiger partial charge in [0.25, 0.3) is 5.89 Å². The fourth-order valence-electron chi connectivity index (χ4n) is 2.49. The van der Waals surface area contributed by atoms with Crippen molar-refractivity contribution < 1.29 is 4.52 Å². The first kappa shape index (κ1) is 11.5. The van der Waals surface area contributed by atoms with E-state index >= 15 is 0 Å². The first-order valence-corrected chi connectivity index (χ1v) is 6.68. The molecule has 0 radical (unpaired) electrons. The predicted molar refractivity (Wildman–Crippen MR) is 72.8 cm³/mol. The van der Waals surface area contributed by atoms with Gasteiger partial charge in [-0.15, -0.1) is 0 Å². The zero-order valence-corrected chi connectivity index (χ0v) is 10.8. The summed E-state index contributed by atoms with van der Waals surface area (Å²) in [4.78, 5) is 13.0. The van der Waals surface area contributed by atoms with Crippen molar-refractivity contribution in [2.45, 2.75) is 18.9 Å². The number of rotatable bonds is 2. The molecule has 0 amide bonds.